The van der Waals surface area contributed by atoms with Crippen LogP contribution in [-0.4, -0.2) is 46.1 Å². The Balaban J connectivity index is 1.26. The van der Waals surface area contributed by atoms with Crippen molar-refractivity contribution in [2.45, 2.75) is 79.3 Å². The Hall–Kier alpha value is -7.20. The first-order chi connectivity index (χ1) is 31.1. The number of nitrogens with zero attached hydrogens (tertiary/aromatic N) is 2. The minimum Gasteiger partial charge on any atom is -0.469 e. The first kappa shape index (κ1) is 42.1. The van der Waals surface area contributed by atoms with E-state index in [4.69, 9.17) is 9.47 Å². The maximum atomic E-state index is 12.6. The molecule has 0 saturated heterocycles. The molecule has 64 heavy (non-hydrogen) atoms. The number of methoxy groups -OCH3 is 2. The summed E-state index contributed by atoms with van der Waals surface area (Å²) in [4.78, 5) is 40.4. The molecule has 10 heteroatoms. The van der Waals surface area contributed by atoms with E-state index in [0.717, 1.165) is 92.4 Å². The van der Waals surface area contributed by atoms with Crippen molar-refractivity contribution in [3.05, 3.63) is 174 Å². The lowest BCUT2D eigenvalue weighted by molar-refractivity contribution is -0.671. The molecule has 10 nitrogen and oxygen atoms in total. The molecule has 324 valence electrons. The number of esters is 2. The number of carbonyl (C=O) groups is 2. The van der Waals surface area contributed by atoms with Gasteiger partial charge in [0.05, 0.1) is 14.2 Å². The topological polar surface area (TPSA) is 124 Å². The zero-order chi connectivity index (χ0) is 44.5. The van der Waals surface area contributed by atoms with Crippen molar-refractivity contribution in [2.24, 2.45) is 0 Å². The summed E-state index contributed by atoms with van der Waals surface area (Å²) in [5.74, 6) is -0.517. The third-order valence-corrected chi connectivity index (χ3v) is 13.4. The number of nitrogens with one attached hydrogen (secondary N) is 4. The zero-order valence-electron chi connectivity index (χ0n) is 37.6. The highest BCUT2D eigenvalue weighted by Gasteiger charge is 2.20. The Labute approximate surface area is 372 Å². The normalized spacial score (nSPS) is 12.1. The molecule has 1 aliphatic rings. The van der Waals surface area contributed by atoms with Gasteiger partial charge in [-0.25, -0.2) is 0 Å². The molecule has 1 aliphatic heterocycles. The average Bonchev–Trinajstić information content (AvgIpc) is 3.97. The van der Waals surface area contributed by atoms with Gasteiger partial charge in [0.25, 0.3) is 0 Å². The minimum absolute atomic E-state index is 0.247. The number of para-hydroxylation sites is 2. The Morgan fingerprint density at radius 1 is 0.453 bits per heavy atom. The largest absolute Gasteiger partial charge is 0.469 e. The summed E-state index contributed by atoms with van der Waals surface area (Å²) < 4.78 is 14.9. The van der Waals surface area contributed by atoms with E-state index in [-0.39, 0.29) is 24.8 Å². The summed E-state index contributed by atoms with van der Waals surface area (Å²) in [6.45, 7) is 10.3. The van der Waals surface area contributed by atoms with Crippen molar-refractivity contribution in [3.8, 4) is 0 Å². The number of benzene rings is 2. The number of pyridine rings is 2. The highest BCUT2D eigenvalue weighted by Crippen LogP contribution is 2.24. The van der Waals surface area contributed by atoms with E-state index in [9.17, 15) is 9.59 Å². The van der Waals surface area contributed by atoms with E-state index in [0.29, 0.717) is 12.8 Å². The van der Waals surface area contributed by atoms with Gasteiger partial charge in [0.15, 0.2) is 25.5 Å². The van der Waals surface area contributed by atoms with E-state index < -0.39 is 0 Å². The van der Waals surface area contributed by atoms with Crippen molar-refractivity contribution in [1.82, 2.24) is 19.9 Å². The lowest BCUT2D eigenvalue weighted by atomic mass is 10.0. The van der Waals surface area contributed by atoms with Gasteiger partial charge in [-0.05, 0) is 134 Å². The smallest absolute Gasteiger partial charge is 0.305 e. The molecule has 0 amide bonds. The molecule has 2 aromatic carbocycles. The van der Waals surface area contributed by atoms with Crippen LogP contribution < -0.4 is 30.5 Å². The molecule has 8 aromatic rings. The molecule has 0 saturated carbocycles. The van der Waals surface area contributed by atoms with E-state index >= 15 is 0 Å². The summed E-state index contributed by atoms with van der Waals surface area (Å²) in [5, 5.41) is 6.37. The molecule has 0 radical (unpaired) electrons. The van der Waals surface area contributed by atoms with Crippen molar-refractivity contribution in [1.29, 1.82) is 0 Å². The molecule has 0 fully saturated rings. The van der Waals surface area contributed by atoms with Crippen LogP contribution in [0.15, 0.2) is 85.2 Å². The molecule has 8 bridgehead atoms. The highest BCUT2D eigenvalue weighted by molar-refractivity contribution is 5.76. The second kappa shape index (κ2) is 17.9. The van der Waals surface area contributed by atoms with Crippen molar-refractivity contribution in [3.63, 3.8) is 0 Å². The summed E-state index contributed by atoms with van der Waals surface area (Å²) >= 11 is 0. The van der Waals surface area contributed by atoms with Crippen LogP contribution in [0.2, 0.25) is 0 Å². The van der Waals surface area contributed by atoms with Crippen LogP contribution in [-0.2, 0) is 57.8 Å². The SMILES string of the molecule is COC(=O)CCc1c2[nH]c(c1C)C=c1[nH]c(c(CC[n+]3cccc4ccccc43)c1C)=Cc1[nH]c(c(CC[n+]3cccc4ccccc43)c1C)C=c1[nH]c(c(CCC(=O)OC)c1C)=C2. The van der Waals surface area contributed by atoms with Gasteiger partial charge in [-0.1, -0.05) is 24.3 Å². The number of H-pyrrole nitrogens is 4. The Morgan fingerprint density at radius 3 is 1.36 bits per heavy atom. The molecule has 7 heterocycles. The molecule has 0 atom stereocenters. The quantitative estimate of drug-likeness (QED) is 0.0967. The summed E-state index contributed by atoms with van der Waals surface area (Å²) in [7, 11) is 2.86. The fourth-order valence-corrected chi connectivity index (χ4v) is 9.61. The molecule has 9 rings (SSSR count). The standard InChI is InChI=1S/C54H56N6O4/c1-33-39(19-21-53(61)63-5)49-32-50-40(20-22-54(62)64-6)34(2)45(58-50)30-48-42(24-28-60-26-12-16-38-14-8-10-18-52(38)60)36(4)46(57-48)31-47-41(35(3)44(55-47)29-43(33)56-49)23-27-59-25-11-15-37-13-7-9-17-51(37)59/h7-18,25-26,29-32,55-58H,19-24,27-28H2,1-6H3/q+2. The molecule has 6 aromatic heterocycles. The Morgan fingerprint density at radius 2 is 0.844 bits per heavy atom. The van der Waals surface area contributed by atoms with Crippen LogP contribution in [0.5, 0.6) is 0 Å². The summed E-state index contributed by atoms with van der Waals surface area (Å²) in [6.07, 6.45) is 16.3. The summed E-state index contributed by atoms with van der Waals surface area (Å²) in [5.41, 5.74) is 15.4. The molecular formula is C54H56N6O4+2. The van der Waals surface area contributed by atoms with Gasteiger partial charge in [0.2, 0.25) is 11.0 Å². The highest BCUT2D eigenvalue weighted by atomic mass is 16.5. The molecule has 0 unspecified atom stereocenters. The number of aryl methyl sites for hydroxylation is 2. The number of ether oxygens (including phenoxy) is 2. The first-order valence-electron chi connectivity index (χ1n) is 22.2. The van der Waals surface area contributed by atoms with Crippen LogP contribution >= 0.6 is 0 Å². The average molecular weight is 853 g/mol. The lowest BCUT2D eigenvalue weighted by Crippen LogP contribution is -2.35. The van der Waals surface area contributed by atoms with Gasteiger partial charge >= 0.3 is 11.9 Å². The van der Waals surface area contributed by atoms with Gasteiger partial charge in [-0.2, -0.15) is 9.13 Å². The molecule has 0 spiro atoms. The Kier molecular flexibility index (Phi) is 11.8. The predicted octanol–water partition coefficient (Wildman–Crippen LogP) is 5.44. The number of aromatic nitrogens is 6. The van der Waals surface area contributed by atoms with Crippen molar-refractivity contribution >= 4 is 58.0 Å². The van der Waals surface area contributed by atoms with Crippen molar-refractivity contribution < 1.29 is 28.2 Å². The first-order valence-corrected chi connectivity index (χ1v) is 22.2. The number of hydrogen-bond acceptors (Lipinski definition) is 4. The lowest BCUT2D eigenvalue weighted by Gasteiger charge is -2.04. The van der Waals surface area contributed by atoms with E-state index in [1.807, 2.05) is 0 Å². The summed E-state index contributed by atoms with van der Waals surface area (Å²) in [6, 6.07) is 25.6. The van der Waals surface area contributed by atoms with Crippen LogP contribution in [0.3, 0.4) is 0 Å². The fourth-order valence-electron chi connectivity index (χ4n) is 9.61. The van der Waals surface area contributed by atoms with Crippen LogP contribution in [0.25, 0.3) is 46.1 Å². The van der Waals surface area contributed by atoms with Gasteiger partial charge in [-0.15, -0.1) is 0 Å². The molecule has 4 N–H and O–H groups in total. The second-order valence-corrected chi connectivity index (χ2v) is 17.0. The van der Waals surface area contributed by atoms with Gasteiger partial charge in [-0.3, -0.25) is 9.59 Å². The van der Waals surface area contributed by atoms with Crippen LogP contribution in [0, 0.1) is 27.7 Å². The predicted molar refractivity (Wildman–Crippen MR) is 251 cm³/mol. The van der Waals surface area contributed by atoms with E-state index in [2.05, 4.69) is 166 Å². The van der Waals surface area contributed by atoms with Crippen LogP contribution in [0.1, 0.15) is 80.1 Å². The number of aromatic amines is 4. The number of fused-ring (bicyclic) bond motifs is 10. The number of hydrogen-bond donors (Lipinski definition) is 4. The molecule has 0 aliphatic carbocycles. The van der Waals surface area contributed by atoms with Gasteiger partial charge in [0.1, 0.15) is 0 Å². The zero-order valence-corrected chi connectivity index (χ0v) is 37.6. The van der Waals surface area contributed by atoms with E-state index in [1.54, 1.807) is 0 Å². The number of carbonyl (C=O) groups excluding carboxylic acids is 2. The fraction of sp³-hybridized carbons (Fsp3) is 0.259. The third-order valence-electron chi connectivity index (χ3n) is 13.4. The van der Waals surface area contributed by atoms with Crippen molar-refractivity contribution in [2.75, 3.05) is 14.2 Å². The number of rotatable bonds is 12. The van der Waals surface area contributed by atoms with E-state index in [1.165, 1.54) is 58.3 Å². The van der Waals surface area contributed by atoms with Gasteiger partial charge in [0, 0.05) is 105 Å². The monoisotopic (exact) mass is 852 g/mol. The minimum atomic E-state index is -0.258. The Bertz CT molecular complexity index is 3350. The molecular weight excluding hydrogens is 797 g/mol. The maximum absolute atomic E-state index is 12.6. The maximum Gasteiger partial charge on any atom is 0.305 e. The van der Waals surface area contributed by atoms with Crippen LogP contribution in [0.4, 0.5) is 0 Å². The van der Waals surface area contributed by atoms with Gasteiger partial charge < -0.3 is 29.4 Å². The third kappa shape index (κ3) is 8.23. The second-order valence-electron chi connectivity index (χ2n) is 17.0.